The molecule has 0 atom stereocenters. The lowest BCUT2D eigenvalue weighted by Crippen LogP contribution is -2.59. The maximum Gasteiger partial charge on any atom is 0.345 e. The minimum Gasteiger partial charge on any atom is -0.313 e. The van der Waals surface area contributed by atoms with Crippen molar-refractivity contribution >= 4 is 5.97 Å². The minimum atomic E-state index is -0.621. The van der Waals surface area contributed by atoms with Gasteiger partial charge < -0.3 is 10.1 Å². The quantitative estimate of drug-likeness (QED) is 0.516. The van der Waals surface area contributed by atoms with Gasteiger partial charge in [-0.15, -0.1) is 0 Å². The van der Waals surface area contributed by atoms with E-state index in [1.807, 2.05) is 27.7 Å². The van der Waals surface area contributed by atoms with Crippen LogP contribution in [0.4, 0.5) is 0 Å². The Balaban J connectivity index is 2.89. The van der Waals surface area contributed by atoms with Crippen molar-refractivity contribution in [3.05, 3.63) is 0 Å². The first-order valence-corrected chi connectivity index (χ1v) is 5.05. The highest BCUT2D eigenvalue weighted by molar-refractivity contribution is 5.72. The molecule has 1 saturated heterocycles. The van der Waals surface area contributed by atoms with Gasteiger partial charge in [0.15, 0.2) is 0 Å². The Morgan fingerprint density at radius 1 is 1.27 bits per heavy atom. The third kappa shape index (κ3) is 2.30. The first-order valence-electron chi connectivity index (χ1n) is 5.05. The Bertz CT molecular complexity index is 244. The standard InChI is InChI=1S/C10H19NO4/c1-9(2)5-7(8(12)15-14)6-10(3,4)11(9)13/h7,13-14H,5-6H2,1-4H3. The molecule has 1 fully saturated rings. The second-order valence-corrected chi connectivity index (χ2v) is 5.45. The predicted molar refractivity (Wildman–Crippen MR) is 53.2 cm³/mol. The van der Waals surface area contributed by atoms with E-state index < -0.39 is 17.0 Å². The van der Waals surface area contributed by atoms with Gasteiger partial charge in [0, 0.05) is 11.1 Å². The first-order chi connectivity index (χ1) is 6.70. The van der Waals surface area contributed by atoms with Crippen LogP contribution in [0.15, 0.2) is 0 Å². The van der Waals surface area contributed by atoms with Crippen molar-refractivity contribution in [1.82, 2.24) is 5.06 Å². The monoisotopic (exact) mass is 217 g/mol. The lowest BCUT2D eigenvalue weighted by molar-refractivity contribution is -0.267. The number of hydrogen-bond acceptors (Lipinski definition) is 5. The van der Waals surface area contributed by atoms with Crippen LogP contribution in [0, 0.1) is 5.92 Å². The molecule has 2 N–H and O–H groups in total. The van der Waals surface area contributed by atoms with E-state index in [0.717, 1.165) is 0 Å². The normalized spacial score (nSPS) is 26.3. The third-order valence-corrected chi connectivity index (χ3v) is 3.06. The zero-order chi connectivity index (χ0) is 11.9. The lowest BCUT2D eigenvalue weighted by Gasteiger charge is -2.50. The van der Waals surface area contributed by atoms with Gasteiger partial charge in [0.1, 0.15) is 0 Å². The molecular formula is C10H19NO4. The molecule has 1 rings (SSSR count). The van der Waals surface area contributed by atoms with Crippen molar-refractivity contribution in [1.29, 1.82) is 0 Å². The van der Waals surface area contributed by atoms with Gasteiger partial charge in [-0.05, 0) is 40.5 Å². The summed E-state index contributed by atoms with van der Waals surface area (Å²) in [5, 5.41) is 19.6. The third-order valence-electron chi connectivity index (χ3n) is 3.06. The molecule has 1 aliphatic heterocycles. The van der Waals surface area contributed by atoms with E-state index in [0.29, 0.717) is 12.8 Å². The fourth-order valence-corrected chi connectivity index (χ4v) is 2.51. The van der Waals surface area contributed by atoms with Crippen LogP contribution >= 0.6 is 0 Å². The molecular weight excluding hydrogens is 198 g/mol. The summed E-state index contributed by atoms with van der Waals surface area (Å²) in [4.78, 5) is 15.0. The summed E-state index contributed by atoms with van der Waals surface area (Å²) < 4.78 is 0. The summed E-state index contributed by atoms with van der Waals surface area (Å²) in [6.07, 6.45) is 0.929. The van der Waals surface area contributed by atoms with Gasteiger partial charge in [-0.1, -0.05) is 0 Å². The topological polar surface area (TPSA) is 70.0 Å². The fraction of sp³-hybridized carbons (Fsp3) is 0.900. The highest BCUT2D eigenvalue weighted by Crippen LogP contribution is 2.40. The molecule has 0 aliphatic carbocycles. The number of hydrogen-bond donors (Lipinski definition) is 2. The Kier molecular flexibility index (Phi) is 3.09. The summed E-state index contributed by atoms with van der Waals surface area (Å²) in [7, 11) is 0. The van der Waals surface area contributed by atoms with Gasteiger partial charge in [-0.3, -0.25) is 0 Å². The van der Waals surface area contributed by atoms with Crippen LogP contribution < -0.4 is 0 Å². The Labute approximate surface area is 89.5 Å². The van der Waals surface area contributed by atoms with Crippen LogP contribution in [0.25, 0.3) is 0 Å². The van der Waals surface area contributed by atoms with Gasteiger partial charge in [-0.2, -0.15) is 10.3 Å². The fourth-order valence-electron chi connectivity index (χ4n) is 2.51. The van der Waals surface area contributed by atoms with E-state index in [1.165, 1.54) is 5.06 Å². The molecule has 0 spiro atoms. The Morgan fingerprint density at radius 2 is 1.67 bits per heavy atom. The van der Waals surface area contributed by atoms with Crippen LogP contribution in [0.2, 0.25) is 0 Å². The highest BCUT2D eigenvalue weighted by atomic mass is 17.1. The van der Waals surface area contributed by atoms with Gasteiger partial charge in [0.05, 0.1) is 5.92 Å². The summed E-state index contributed by atoms with van der Waals surface area (Å²) in [6.45, 7) is 7.41. The summed E-state index contributed by atoms with van der Waals surface area (Å²) in [5.41, 5.74) is -0.999. The zero-order valence-electron chi connectivity index (χ0n) is 9.65. The van der Waals surface area contributed by atoms with Gasteiger partial charge in [0.2, 0.25) is 0 Å². The molecule has 1 heterocycles. The van der Waals surface area contributed by atoms with Gasteiger partial charge in [0.25, 0.3) is 0 Å². The molecule has 88 valence electrons. The summed E-state index contributed by atoms with van der Waals surface area (Å²) >= 11 is 0. The van der Waals surface area contributed by atoms with Crippen LogP contribution in [0.3, 0.4) is 0 Å². The molecule has 5 heteroatoms. The van der Waals surface area contributed by atoms with E-state index in [1.54, 1.807) is 0 Å². The lowest BCUT2D eigenvalue weighted by atomic mass is 9.75. The van der Waals surface area contributed by atoms with E-state index in [4.69, 9.17) is 5.26 Å². The summed E-state index contributed by atoms with van der Waals surface area (Å²) in [6, 6.07) is 0. The van der Waals surface area contributed by atoms with Crippen LogP contribution in [-0.2, 0) is 9.68 Å². The van der Waals surface area contributed by atoms with Crippen molar-refractivity contribution in [2.45, 2.75) is 51.6 Å². The number of nitrogens with zero attached hydrogens (tertiary/aromatic N) is 1. The van der Waals surface area contributed by atoms with Gasteiger partial charge in [-0.25, -0.2) is 4.79 Å². The predicted octanol–water partition coefficient (Wildman–Crippen LogP) is 1.66. The first kappa shape index (κ1) is 12.4. The maximum atomic E-state index is 11.3. The molecule has 0 unspecified atom stereocenters. The highest BCUT2D eigenvalue weighted by Gasteiger charge is 2.47. The smallest absolute Gasteiger partial charge is 0.313 e. The van der Waals surface area contributed by atoms with Crippen molar-refractivity contribution in [2.24, 2.45) is 5.92 Å². The Morgan fingerprint density at radius 3 is 2.00 bits per heavy atom. The van der Waals surface area contributed by atoms with Crippen molar-refractivity contribution in [3.8, 4) is 0 Å². The number of hydroxylamine groups is 2. The maximum absolute atomic E-state index is 11.3. The number of carbonyl (C=O) groups excluding carboxylic acids is 1. The minimum absolute atomic E-state index is 0.372. The van der Waals surface area contributed by atoms with Crippen LogP contribution in [-0.4, -0.2) is 32.6 Å². The SMILES string of the molecule is CC1(C)CC(C(=O)OO)CC(C)(C)N1O. The second kappa shape index (κ2) is 3.73. The average Bonchev–Trinajstić information content (AvgIpc) is 2.11. The largest absolute Gasteiger partial charge is 0.345 e. The van der Waals surface area contributed by atoms with E-state index in [9.17, 15) is 10.0 Å². The molecule has 0 aromatic heterocycles. The van der Waals surface area contributed by atoms with Crippen molar-refractivity contribution in [2.75, 3.05) is 0 Å². The number of rotatable bonds is 1. The second-order valence-electron chi connectivity index (χ2n) is 5.45. The molecule has 0 saturated carbocycles. The molecule has 5 nitrogen and oxygen atoms in total. The molecule has 0 aromatic carbocycles. The van der Waals surface area contributed by atoms with Crippen molar-refractivity contribution in [3.63, 3.8) is 0 Å². The molecule has 1 aliphatic rings. The van der Waals surface area contributed by atoms with E-state index in [2.05, 4.69) is 4.89 Å². The van der Waals surface area contributed by atoms with Crippen molar-refractivity contribution < 1.29 is 20.1 Å². The van der Waals surface area contributed by atoms with E-state index in [-0.39, 0.29) is 5.92 Å². The van der Waals surface area contributed by atoms with Gasteiger partial charge >= 0.3 is 5.97 Å². The molecule has 0 amide bonds. The van der Waals surface area contributed by atoms with E-state index >= 15 is 0 Å². The summed E-state index contributed by atoms with van der Waals surface area (Å²) in [5.74, 6) is -0.993. The van der Waals surface area contributed by atoms with Crippen LogP contribution in [0.5, 0.6) is 0 Å². The van der Waals surface area contributed by atoms with Crippen LogP contribution in [0.1, 0.15) is 40.5 Å². The molecule has 0 radical (unpaired) electrons. The average molecular weight is 217 g/mol. The molecule has 0 bridgehead atoms. The number of carbonyl (C=O) groups is 1. The zero-order valence-corrected chi connectivity index (χ0v) is 9.65. The molecule has 15 heavy (non-hydrogen) atoms. The number of piperidine rings is 1. The Hall–Kier alpha value is -0.650. The molecule has 0 aromatic rings.